The van der Waals surface area contributed by atoms with Crippen LogP contribution in [0.2, 0.25) is 0 Å². The van der Waals surface area contributed by atoms with Gasteiger partial charge in [0.1, 0.15) is 6.04 Å². The van der Waals surface area contributed by atoms with Gasteiger partial charge in [0.05, 0.1) is 7.11 Å². The van der Waals surface area contributed by atoms with Crippen molar-refractivity contribution < 1.29 is 9.53 Å². The predicted molar refractivity (Wildman–Crippen MR) is 66.7 cm³/mol. The van der Waals surface area contributed by atoms with Crippen molar-refractivity contribution in [3.63, 3.8) is 0 Å². The van der Waals surface area contributed by atoms with E-state index in [4.69, 9.17) is 4.74 Å². The first-order chi connectivity index (χ1) is 7.63. The Morgan fingerprint density at radius 3 is 3.00 bits per heavy atom. The Morgan fingerprint density at radius 2 is 2.31 bits per heavy atom. The minimum atomic E-state index is -0.160. The number of ether oxygens (including phenoxy) is 1. The molecule has 0 spiro atoms. The predicted octanol–water partition coefficient (Wildman–Crippen LogP) is 2.37. The van der Waals surface area contributed by atoms with Crippen LogP contribution in [0.4, 0.5) is 5.69 Å². The van der Waals surface area contributed by atoms with E-state index in [2.05, 4.69) is 22.0 Å². The van der Waals surface area contributed by atoms with Crippen LogP contribution in [0.15, 0.2) is 22.7 Å². The smallest absolute Gasteiger partial charge is 0.328 e. The summed E-state index contributed by atoms with van der Waals surface area (Å²) in [5.41, 5.74) is 2.39. The van der Waals surface area contributed by atoms with Gasteiger partial charge in [0.25, 0.3) is 0 Å². The highest BCUT2D eigenvalue weighted by Gasteiger charge is 2.29. The molecule has 0 aromatic heterocycles. The molecule has 0 amide bonds. The lowest BCUT2D eigenvalue weighted by Crippen LogP contribution is -2.42. The van der Waals surface area contributed by atoms with Crippen LogP contribution in [-0.4, -0.2) is 26.2 Å². The summed E-state index contributed by atoms with van der Waals surface area (Å²) in [7, 11) is 3.37. The second-order valence-electron chi connectivity index (χ2n) is 3.96. The van der Waals surface area contributed by atoms with Crippen molar-refractivity contribution in [3.8, 4) is 0 Å². The lowest BCUT2D eigenvalue weighted by Gasteiger charge is -2.34. The third-order valence-corrected chi connectivity index (χ3v) is 3.55. The minimum absolute atomic E-state index is 0.159. The van der Waals surface area contributed by atoms with Crippen molar-refractivity contribution in [2.24, 2.45) is 0 Å². The van der Waals surface area contributed by atoms with Gasteiger partial charge in [-0.1, -0.05) is 22.0 Å². The molecule has 4 heteroatoms. The Labute approximate surface area is 104 Å². The summed E-state index contributed by atoms with van der Waals surface area (Å²) in [6.07, 6.45) is 1.74. The van der Waals surface area contributed by atoms with Crippen LogP contribution >= 0.6 is 15.9 Å². The van der Waals surface area contributed by atoms with Crippen LogP contribution in [0.1, 0.15) is 12.0 Å². The van der Waals surface area contributed by atoms with Crippen LogP contribution in [0.5, 0.6) is 0 Å². The molecule has 3 nitrogen and oxygen atoms in total. The standard InChI is InChI=1S/C12H14BrNO2/c1-14-10(12(15)16-2)6-4-8-3-5-9(13)7-11(8)14/h3,5,7,10H,4,6H2,1-2H3. The lowest BCUT2D eigenvalue weighted by molar-refractivity contribution is -0.142. The average molecular weight is 284 g/mol. The minimum Gasteiger partial charge on any atom is -0.467 e. The molecule has 0 saturated carbocycles. The zero-order chi connectivity index (χ0) is 11.7. The highest BCUT2D eigenvalue weighted by atomic mass is 79.9. The van der Waals surface area contributed by atoms with E-state index in [1.807, 2.05) is 24.1 Å². The fourth-order valence-electron chi connectivity index (χ4n) is 2.14. The first-order valence-electron chi connectivity index (χ1n) is 5.22. The summed E-state index contributed by atoms with van der Waals surface area (Å²) in [5.74, 6) is -0.159. The second-order valence-corrected chi connectivity index (χ2v) is 4.88. The molecule has 0 saturated heterocycles. The molecule has 1 aliphatic rings. The number of hydrogen-bond acceptors (Lipinski definition) is 3. The molecule has 16 heavy (non-hydrogen) atoms. The number of fused-ring (bicyclic) bond motifs is 1. The van der Waals surface area contributed by atoms with Gasteiger partial charge in [-0.05, 0) is 30.5 Å². The number of esters is 1. The number of likely N-dealkylation sites (N-methyl/N-ethyl adjacent to an activating group) is 1. The van der Waals surface area contributed by atoms with Gasteiger partial charge in [0, 0.05) is 17.2 Å². The van der Waals surface area contributed by atoms with Gasteiger partial charge in [-0.3, -0.25) is 0 Å². The van der Waals surface area contributed by atoms with Gasteiger partial charge < -0.3 is 9.64 Å². The molecular formula is C12H14BrNO2. The monoisotopic (exact) mass is 283 g/mol. The van der Waals surface area contributed by atoms with Crippen molar-refractivity contribution in [2.45, 2.75) is 18.9 Å². The Hall–Kier alpha value is -1.03. The highest BCUT2D eigenvalue weighted by Crippen LogP contribution is 2.32. The number of aryl methyl sites for hydroxylation is 1. The number of rotatable bonds is 1. The number of anilines is 1. The number of carbonyl (C=O) groups is 1. The van der Waals surface area contributed by atoms with Crippen LogP contribution < -0.4 is 4.90 Å². The van der Waals surface area contributed by atoms with Crippen LogP contribution in [0, 0.1) is 0 Å². The third-order valence-electron chi connectivity index (χ3n) is 3.06. The van der Waals surface area contributed by atoms with Gasteiger partial charge >= 0.3 is 5.97 Å². The van der Waals surface area contributed by atoms with Gasteiger partial charge in [0.15, 0.2) is 0 Å². The van der Waals surface area contributed by atoms with E-state index in [0.717, 1.165) is 23.0 Å². The first-order valence-corrected chi connectivity index (χ1v) is 6.02. The van der Waals surface area contributed by atoms with E-state index in [1.54, 1.807) is 0 Å². The maximum atomic E-state index is 11.6. The summed E-state index contributed by atoms with van der Waals surface area (Å²) < 4.78 is 5.84. The molecule has 1 unspecified atom stereocenters. The number of methoxy groups -OCH3 is 1. The van der Waals surface area contributed by atoms with Crippen LogP contribution in [0.3, 0.4) is 0 Å². The van der Waals surface area contributed by atoms with E-state index in [-0.39, 0.29) is 12.0 Å². The molecule has 2 rings (SSSR count). The molecule has 0 aliphatic carbocycles. The third kappa shape index (κ3) is 1.94. The SMILES string of the molecule is COC(=O)C1CCc2ccc(Br)cc2N1C. The largest absolute Gasteiger partial charge is 0.467 e. The summed E-state index contributed by atoms with van der Waals surface area (Å²) >= 11 is 3.45. The summed E-state index contributed by atoms with van der Waals surface area (Å²) in [5, 5.41) is 0. The molecule has 86 valence electrons. The van der Waals surface area contributed by atoms with E-state index < -0.39 is 0 Å². The normalized spacial score (nSPS) is 19.2. The Kier molecular flexibility index (Phi) is 3.19. The maximum absolute atomic E-state index is 11.6. The molecule has 0 bridgehead atoms. The van der Waals surface area contributed by atoms with Crippen LogP contribution in [-0.2, 0) is 16.0 Å². The lowest BCUT2D eigenvalue weighted by atomic mass is 9.96. The van der Waals surface area contributed by atoms with E-state index in [1.165, 1.54) is 12.7 Å². The summed E-state index contributed by atoms with van der Waals surface area (Å²) in [6, 6.07) is 6.02. The quantitative estimate of drug-likeness (QED) is 0.741. The molecule has 0 N–H and O–H groups in total. The molecule has 0 radical (unpaired) electrons. The van der Waals surface area contributed by atoms with E-state index in [9.17, 15) is 4.79 Å². The number of carbonyl (C=O) groups excluding carboxylic acids is 1. The molecule has 1 aliphatic heterocycles. The highest BCUT2D eigenvalue weighted by molar-refractivity contribution is 9.10. The fraction of sp³-hybridized carbons (Fsp3) is 0.417. The molecule has 1 aromatic carbocycles. The zero-order valence-electron chi connectivity index (χ0n) is 9.37. The number of halogens is 1. The second kappa shape index (κ2) is 4.45. The van der Waals surface area contributed by atoms with Crippen molar-refractivity contribution in [2.75, 3.05) is 19.1 Å². The van der Waals surface area contributed by atoms with Gasteiger partial charge in [-0.2, -0.15) is 0 Å². The molecule has 0 fully saturated rings. The molecule has 1 atom stereocenters. The fourth-order valence-corrected chi connectivity index (χ4v) is 2.49. The van der Waals surface area contributed by atoms with Crippen molar-refractivity contribution in [1.29, 1.82) is 0 Å². The average Bonchev–Trinajstić information content (AvgIpc) is 2.29. The van der Waals surface area contributed by atoms with E-state index in [0.29, 0.717) is 0 Å². The Bertz CT molecular complexity index is 419. The first kappa shape index (κ1) is 11.5. The maximum Gasteiger partial charge on any atom is 0.328 e. The van der Waals surface area contributed by atoms with Gasteiger partial charge in [-0.25, -0.2) is 4.79 Å². The summed E-state index contributed by atoms with van der Waals surface area (Å²) in [4.78, 5) is 13.6. The van der Waals surface area contributed by atoms with Gasteiger partial charge in [0.2, 0.25) is 0 Å². The number of nitrogens with zero attached hydrogens (tertiary/aromatic N) is 1. The molecule has 1 heterocycles. The van der Waals surface area contributed by atoms with Gasteiger partial charge in [-0.15, -0.1) is 0 Å². The van der Waals surface area contributed by atoms with Crippen molar-refractivity contribution >= 4 is 27.6 Å². The Balaban J connectivity index is 2.34. The Morgan fingerprint density at radius 1 is 1.56 bits per heavy atom. The number of benzene rings is 1. The van der Waals surface area contributed by atoms with Crippen molar-refractivity contribution in [3.05, 3.63) is 28.2 Å². The van der Waals surface area contributed by atoms with Crippen molar-refractivity contribution in [1.82, 2.24) is 0 Å². The molecule has 1 aromatic rings. The summed E-state index contributed by atoms with van der Waals surface area (Å²) in [6.45, 7) is 0. The van der Waals surface area contributed by atoms with Crippen LogP contribution in [0.25, 0.3) is 0 Å². The topological polar surface area (TPSA) is 29.5 Å². The molecular weight excluding hydrogens is 270 g/mol. The zero-order valence-corrected chi connectivity index (χ0v) is 11.0. The number of hydrogen-bond donors (Lipinski definition) is 0. The van der Waals surface area contributed by atoms with E-state index >= 15 is 0 Å².